The molecule has 0 saturated carbocycles. The SMILES string of the molecule is Cc1ccc(N)cc1-c1cnccc1F. The summed E-state index contributed by atoms with van der Waals surface area (Å²) >= 11 is 0. The molecule has 2 nitrogen and oxygen atoms in total. The molecule has 0 aliphatic rings. The molecule has 2 aromatic rings. The first-order chi connectivity index (χ1) is 7.18. The van der Waals surface area contributed by atoms with Crippen molar-refractivity contribution < 1.29 is 4.39 Å². The van der Waals surface area contributed by atoms with E-state index in [1.165, 1.54) is 18.5 Å². The molecule has 2 rings (SSSR count). The topological polar surface area (TPSA) is 38.9 Å². The first-order valence-electron chi connectivity index (χ1n) is 4.64. The minimum atomic E-state index is -0.279. The van der Waals surface area contributed by atoms with Crippen molar-refractivity contribution in [3.8, 4) is 11.1 Å². The highest BCUT2D eigenvalue weighted by molar-refractivity contribution is 5.70. The van der Waals surface area contributed by atoms with Crippen LogP contribution in [0, 0.1) is 12.7 Å². The predicted molar refractivity (Wildman–Crippen MR) is 58.8 cm³/mol. The lowest BCUT2D eigenvalue weighted by molar-refractivity contribution is 0.629. The lowest BCUT2D eigenvalue weighted by Gasteiger charge is -2.07. The highest BCUT2D eigenvalue weighted by Gasteiger charge is 2.07. The van der Waals surface area contributed by atoms with Crippen LogP contribution in [0.3, 0.4) is 0 Å². The van der Waals surface area contributed by atoms with Gasteiger partial charge in [-0.05, 0) is 36.2 Å². The van der Waals surface area contributed by atoms with Gasteiger partial charge < -0.3 is 5.73 Å². The zero-order chi connectivity index (χ0) is 10.8. The molecule has 15 heavy (non-hydrogen) atoms. The number of pyridine rings is 1. The van der Waals surface area contributed by atoms with E-state index in [-0.39, 0.29) is 5.82 Å². The maximum absolute atomic E-state index is 13.5. The first-order valence-corrected chi connectivity index (χ1v) is 4.64. The molecule has 3 heteroatoms. The van der Waals surface area contributed by atoms with E-state index in [4.69, 9.17) is 5.73 Å². The van der Waals surface area contributed by atoms with E-state index < -0.39 is 0 Å². The fourth-order valence-electron chi connectivity index (χ4n) is 1.51. The Morgan fingerprint density at radius 3 is 2.73 bits per heavy atom. The van der Waals surface area contributed by atoms with Crippen LogP contribution >= 0.6 is 0 Å². The summed E-state index contributed by atoms with van der Waals surface area (Å²) in [5.41, 5.74) is 8.56. The Morgan fingerprint density at radius 2 is 2.00 bits per heavy atom. The fourth-order valence-corrected chi connectivity index (χ4v) is 1.51. The third-order valence-corrected chi connectivity index (χ3v) is 2.32. The summed E-state index contributed by atoms with van der Waals surface area (Å²) < 4.78 is 13.5. The van der Waals surface area contributed by atoms with Gasteiger partial charge in [-0.3, -0.25) is 4.98 Å². The molecule has 0 spiro atoms. The Labute approximate surface area is 87.6 Å². The van der Waals surface area contributed by atoms with Crippen molar-refractivity contribution in [3.05, 3.63) is 48.0 Å². The summed E-state index contributed by atoms with van der Waals surface area (Å²) in [6.45, 7) is 1.92. The van der Waals surface area contributed by atoms with Crippen LogP contribution in [0.1, 0.15) is 5.56 Å². The number of benzene rings is 1. The number of nitrogens with two attached hydrogens (primary N) is 1. The lowest BCUT2D eigenvalue weighted by Crippen LogP contribution is -1.91. The zero-order valence-corrected chi connectivity index (χ0v) is 8.37. The monoisotopic (exact) mass is 202 g/mol. The Bertz CT molecular complexity index is 495. The van der Waals surface area contributed by atoms with E-state index >= 15 is 0 Å². The van der Waals surface area contributed by atoms with Crippen LogP contribution < -0.4 is 5.73 Å². The van der Waals surface area contributed by atoms with Crippen LogP contribution in [0.5, 0.6) is 0 Å². The van der Waals surface area contributed by atoms with Gasteiger partial charge in [-0.25, -0.2) is 4.39 Å². The van der Waals surface area contributed by atoms with Crippen molar-refractivity contribution in [3.63, 3.8) is 0 Å². The second-order valence-electron chi connectivity index (χ2n) is 3.43. The van der Waals surface area contributed by atoms with E-state index in [1.807, 2.05) is 13.0 Å². The van der Waals surface area contributed by atoms with Gasteiger partial charge in [0.15, 0.2) is 0 Å². The molecule has 0 amide bonds. The number of hydrogen-bond donors (Lipinski definition) is 1. The summed E-state index contributed by atoms with van der Waals surface area (Å²) in [6.07, 6.45) is 2.94. The molecule has 0 aliphatic carbocycles. The van der Waals surface area contributed by atoms with E-state index in [2.05, 4.69) is 4.98 Å². The molecule has 0 atom stereocenters. The molecule has 1 aromatic carbocycles. The highest BCUT2D eigenvalue weighted by Crippen LogP contribution is 2.26. The number of nitrogen functional groups attached to an aromatic ring is 1. The van der Waals surface area contributed by atoms with Gasteiger partial charge in [0.25, 0.3) is 0 Å². The average molecular weight is 202 g/mol. The molecular weight excluding hydrogens is 191 g/mol. The fraction of sp³-hybridized carbons (Fsp3) is 0.0833. The van der Waals surface area contributed by atoms with E-state index in [0.717, 1.165) is 11.1 Å². The summed E-state index contributed by atoms with van der Waals surface area (Å²) in [5.74, 6) is -0.279. The van der Waals surface area contributed by atoms with Gasteiger partial charge in [0.1, 0.15) is 5.82 Å². The Hall–Kier alpha value is -1.90. The molecule has 0 unspecified atom stereocenters. The summed E-state index contributed by atoms with van der Waals surface area (Å²) in [4.78, 5) is 3.91. The number of hydrogen-bond acceptors (Lipinski definition) is 2. The van der Waals surface area contributed by atoms with Gasteiger partial charge in [-0.1, -0.05) is 6.07 Å². The molecular formula is C12H11FN2. The van der Waals surface area contributed by atoms with Gasteiger partial charge in [-0.15, -0.1) is 0 Å². The Morgan fingerprint density at radius 1 is 1.20 bits per heavy atom. The van der Waals surface area contributed by atoms with E-state index in [0.29, 0.717) is 11.3 Å². The number of aromatic nitrogens is 1. The normalized spacial score (nSPS) is 10.3. The Balaban J connectivity index is 2.64. The van der Waals surface area contributed by atoms with Gasteiger partial charge in [0.05, 0.1) is 0 Å². The number of halogens is 1. The Kier molecular flexibility index (Phi) is 2.37. The third-order valence-electron chi connectivity index (χ3n) is 2.32. The molecule has 0 bridgehead atoms. The van der Waals surface area contributed by atoms with Crippen LogP contribution in [0.2, 0.25) is 0 Å². The molecule has 2 N–H and O–H groups in total. The van der Waals surface area contributed by atoms with Crippen molar-refractivity contribution in [1.82, 2.24) is 4.98 Å². The number of rotatable bonds is 1. The minimum Gasteiger partial charge on any atom is -0.399 e. The second-order valence-corrected chi connectivity index (χ2v) is 3.43. The van der Waals surface area contributed by atoms with Crippen molar-refractivity contribution in [2.75, 3.05) is 5.73 Å². The molecule has 1 heterocycles. The third kappa shape index (κ3) is 1.81. The van der Waals surface area contributed by atoms with Crippen molar-refractivity contribution >= 4 is 5.69 Å². The van der Waals surface area contributed by atoms with Crippen molar-refractivity contribution in [1.29, 1.82) is 0 Å². The number of nitrogens with zero attached hydrogens (tertiary/aromatic N) is 1. The predicted octanol–water partition coefficient (Wildman–Crippen LogP) is 2.78. The minimum absolute atomic E-state index is 0.279. The summed E-state index contributed by atoms with van der Waals surface area (Å²) in [7, 11) is 0. The largest absolute Gasteiger partial charge is 0.399 e. The van der Waals surface area contributed by atoms with Crippen LogP contribution in [0.25, 0.3) is 11.1 Å². The van der Waals surface area contributed by atoms with Crippen LogP contribution in [-0.4, -0.2) is 4.98 Å². The standard InChI is InChI=1S/C12H11FN2/c1-8-2-3-9(14)6-10(8)11-7-15-5-4-12(11)13/h2-7H,14H2,1H3. The second kappa shape index (κ2) is 3.69. The van der Waals surface area contributed by atoms with Crippen molar-refractivity contribution in [2.45, 2.75) is 6.92 Å². The van der Waals surface area contributed by atoms with Gasteiger partial charge in [0, 0.05) is 23.6 Å². The van der Waals surface area contributed by atoms with E-state index in [9.17, 15) is 4.39 Å². The average Bonchev–Trinajstić information content (AvgIpc) is 2.23. The summed E-state index contributed by atoms with van der Waals surface area (Å²) in [6, 6.07) is 6.78. The van der Waals surface area contributed by atoms with Crippen molar-refractivity contribution in [2.24, 2.45) is 0 Å². The van der Waals surface area contributed by atoms with Crippen LogP contribution in [0.15, 0.2) is 36.7 Å². The lowest BCUT2D eigenvalue weighted by atomic mass is 10.0. The zero-order valence-electron chi connectivity index (χ0n) is 8.37. The van der Waals surface area contributed by atoms with E-state index in [1.54, 1.807) is 12.1 Å². The van der Waals surface area contributed by atoms with Gasteiger partial charge >= 0.3 is 0 Å². The molecule has 0 fully saturated rings. The van der Waals surface area contributed by atoms with Crippen LogP contribution in [0.4, 0.5) is 10.1 Å². The van der Waals surface area contributed by atoms with Gasteiger partial charge in [0.2, 0.25) is 0 Å². The molecule has 0 radical (unpaired) electrons. The summed E-state index contributed by atoms with van der Waals surface area (Å²) in [5, 5.41) is 0. The smallest absolute Gasteiger partial charge is 0.134 e. The number of anilines is 1. The number of aryl methyl sites for hydroxylation is 1. The van der Waals surface area contributed by atoms with Gasteiger partial charge in [-0.2, -0.15) is 0 Å². The molecule has 0 saturated heterocycles. The molecule has 76 valence electrons. The molecule has 1 aromatic heterocycles. The first kappa shape index (κ1) is 9.65. The maximum Gasteiger partial charge on any atom is 0.134 e. The quantitative estimate of drug-likeness (QED) is 0.722. The maximum atomic E-state index is 13.5. The highest BCUT2D eigenvalue weighted by atomic mass is 19.1. The molecule has 0 aliphatic heterocycles. The van der Waals surface area contributed by atoms with Crippen LogP contribution in [-0.2, 0) is 0 Å².